The van der Waals surface area contributed by atoms with Crippen LogP contribution in [0.3, 0.4) is 0 Å². The highest BCUT2D eigenvalue weighted by molar-refractivity contribution is 5.86. The molecule has 0 unspecified atom stereocenters. The molecule has 0 radical (unpaired) electrons. The monoisotopic (exact) mass is 364 g/mol. The molecule has 4 N–H and O–H groups in total. The van der Waals surface area contributed by atoms with Gasteiger partial charge in [-0.1, -0.05) is 30.3 Å². The fourth-order valence-corrected chi connectivity index (χ4v) is 1.86. The van der Waals surface area contributed by atoms with E-state index in [2.05, 4.69) is 34.7 Å². The first-order valence-corrected chi connectivity index (χ1v) is 7.07. The van der Waals surface area contributed by atoms with E-state index in [1.165, 1.54) is 5.56 Å². The highest BCUT2D eigenvalue weighted by atomic mass is 35.5. The van der Waals surface area contributed by atoms with E-state index in [-0.39, 0.29) is 49.7 Å². The lowest BCUT2D eigenvalue weighted by molar-refractivity contribution is -0.125. The molecular weight excluding hydrogens is 339 g/mol. The lowest BCUT2D eigenvalue weighted by Gasteiger charge is -2.16. The molecule has 0 aliphatic carbocycles. The number of carbonyl (C=O) groups excluding carboxylic acids is 2. The van der Waals surface area contributed by atoms with Gasteiger partial charge in [-0.3, -0.25) is 9.59 Å². The Balaban J connectivity index is 0. The first-order valence-electron chi connectivity index (χ1n) is 7.07. The Labute approximate surface area is 150 Å². The van der Waals surface area contributed by atoms with Crippen molar-refractivity contribution in [3.8, 4) is 0 Å². The molecule has 0 aromatic heterocycles. The quantitative estimate of drug-likeness (QED) is 0.558. The zero-order valence-electron chi connectivity index (χ0n) is 13.3. The van der Waals surface area contributed by atoms with Crippen molar-refractivity contribution in [1.29, 1.82) is 0 Å². The van der Waals surface area contributed by atoms with Crippen LogP contribution in [0.25, 0.3) is 0 Å². The molecule has 6 nitrogen and oxygen atoms in total. The normalized spacial score (nSPS) is 9.52. The summed E-state index contributed by atoms with van der Waals surface area (Å²) in [5, 5.41) is 5.19. The summed E-state index contributed by atoms with van der Waals surface area (Å²) in [4.78, 5) is 24.5. The fraction of sp³-hybridized carbons (Fsp3) is 0.467. The molecular formula is C15H26Cl2N4O2. The van der Waals surface area contributed by atoms with Gasteiger partial charge in [0.1, 0.15) is 0 Å². The molecule has 1 aromatic carbocycles. The second-order valence-corrected chi connectivity index (χ2v) is 4.91. The van der Waals surface area contributed by atoms with Gasteiger partial charge in [0, 0.05) is 13.1 Å². The van der Waals surface area contributed by atoms with E-state index in [9.17, 15) is 9.59 Å². The molecule has 0 fully saturated rings. The van der Waals surface area contributed by atoms with Gasteiger partial charge in [-0.2, -0.15) is 0 Å². The van der Waals surface area contributed by atoms with E-state index in [1.807, 2.05) is 18.2 Å². The minimum atomic E-state index is -0.326. The number of nitrogens with two attached hydrogens (primary N) is 1. The predicted octanol–water partition coefficient (Wildman–Crippen LogP) is 0.543. The van der Waals surface area contributed by atoms with Gasteiger partial charge in [0.05, 0.1) is 13.1 Å². The van der Waals surface area contributed by atoms with Crippen molar-refractivity contribution >= 4 is 36.6 Å². The lowest BCUT2D eigenvalue weighted by Crippen LogP contribution is -2.40. The molecule has 0 saturated carbocycles. The van der Waals surface area contributed by atoms with Crippen molar-refractivity contribution in [3.05, 3.63) is 35.9 Å². The number of nitrogens with one attached hydrogen (secondary N) is 2. The molecule has 23 heavy (non-hydrogen) atoms. The molecule has 2 amide bonds. The fourth-order valence-electron chi connectivity index (χ4n) is 1.86. The van der Waals surface area contributed by atoms with Crippen LogP contribution in [0.4, 0.5) is 0 Å². The van der Waals surface area contributed by atoms with Crippen molar-refractivity contribution in [2.45, 2.75) is 13.0 Å². The SMILES string of the molecule is CN(CCCNC(=O)CNC(=O)CN)Cc1ccccc1.Cl.Cl. The first-order chi connectivity index (χ1) is 10.1. The first kappa shape index (κ1) is 23.9. The molecule has 0 spiro atoms. The molecule has 8 heteroatoms. The average Bonchev–Trinajstić information content (AvgIpc) is 2.50. The third kappa shape index (κ3) is 11.8. The number of hydrogen-bond donors (Lipinski definition) is 3. The Morgan fingerprint density at radius 1 is 1.09 bits per heavy atom. The van der Waals surface area contributed by atoms with Crippen LogP contribution in [0.2, 0.25) is 0 Å². The summed E-state index contributed by atoms with van der Waals surface area (Å²) in [5.41, 5.74) is 6.40. The summed E-state index contributed by atoms with van der Waals surface area (Å²) in [6, 6.07) is 10.2. The molecule has 1 rings (SSSR count). The standard InChI is InChI=1S/C15H24N4O2.2ClH/c1-19(12-13-6-3-2-4-7-13)9-5-8-17-15(21)11-18-14(20)10-16;;/h2-4,6-7H,5,8-12,16H2,1H3,(H,17,21)(H,18,20);2*1H. The maximum Gasteiger partial charge on any atom is 0.239 e. The van der Waals surface area contributed by atoms with Crippen LogP contribution in [0.5, 0.6) is 0 Å². The van der Waals surface area contributed by atoms with Gasteiger partial charge in [0.25, 0.3) is 0 Å². The Hall–Kier alpha value is -1.34. The summed E-state index contributed by atoms with van der Waals surface area (Å²) in [5.74, 6) is -0.518. The van der Waals surface area contributed by atoms with Gasteiger partial charge < -0.3 is 21.3 Å². The topological polar surface area (TPSA) is 87.5 Å². The van der Waals surface area contributed by atoms with E-state index in [0.29, 0.717) is 6.54 Å². The van der Waals surface area contributed by atoms with Gasteiger partial charge in [-0.05, 0) is 25.6 Å². The van der Waals surface area contributed by atoms with Crippen LogP contribution in [0.1, 0.15) is 12.0 Å². The second-order valence-electron chi connectivity index (χ2n) is 4.91. The van der Waals surface area contributed by atoms with Crippen LogP contribution in [-0.4, -0.2) is 49.9 Å². The summed E-state index contributed by atoms with van der Waals surface area (Å²) in [6.07, 6.45) is 0.861. The second kappa shape index (κ2) is 14.3. The largest absolute Gasteiger partial charge is 0.355 e. The van der Waals surface area contributed by atoms with Gasteiger partial charge in [-0.25, -0.2) is 0 Å². The molecule has 0 aliphatic heterocycles. The Morgan fingerprint density at radius 2 is 1.74 bits per heavy atom. The molecule has 0 atom stereocenters. The number of carbonyl (C=O) groups is 2. The highest BCUT2D eigenvalue weighted by Gasteiger charge is 2.04. The molecule has 0 aliphatic rings. The van der Waals surface area contributed by atoms with E-state index in [1.54, 1.807) is 0 Å². The van der Waals surface area contributed by atoms with Crippen LogP contribution >= 0.6 is 24.8 Å². The van der Waals surface area contributed by atoms with E-state index in [4.69, 9.17) is 5.73 Å². The van der Waals surface area contributed by atoms with Crippen LogP contribution < -0.4 is 16.4 Å². The molecule has 1 aromatic rings. The van der Waals surface area contributed by atoms with Crippen LogP contribution in [0, 0.1) is 0 Å². The molecule has 0 bridgehead atoms. The predicted molar refractivity (Wildman–Crippen MR) is 97.0 cm³/mol. The lowest BCUT2D eigenvalue weighted by atomic mass is 10.2. The Kier molecular flexibility index (Phi) is 14.8. The number of nitrogens with zero attached hydrogens (tertiary/aromatic N) is 1. The maximum atomic E-state index is 11.4. The zero-order chi connectivity index (χ0) is 15.5. The van der Waals surface area contributed by atoms with E-state index >= 15 is 0 Å². The van der Waals surface area contributed by atoms with Crippen molar-refractivity contribution in [1.82, 2.24) is 15.5 Å². The van der Waals surface area contributed by atoms with Gasteiger partial charge in [-0.15, -0.1) is 24.8 Å². The van der Waals surface area contributed by atoms with Crippen molar-refractivity contribution < 1.29 is 9.59 Å². The van der Waals surface area contributed by atoms with Gasteiger partial charge in [0.15, 0.2) is 0 Å². The highest BCUT2D eigenvalue weighted by Crippen LogP contribution is 2.02. The number of benzene rings is 1. The van der Waals surface area contributed by atoms with Crippen molar-refractivity contribution in [3.63, 3.8) is 0 Å². The number of hydrogen-bond acceptors (Lipinski definition) is 4. The summed E-state index contributed by atoms with van der Waals surface area (Å²) < 4.78 is 0. The number of amides is 2. The molecule has 0 heterocycles. The number of halogens is 2. The third-order valence-electron chi connectivity index (χ3n) is 2.97. The summed E-state index contributed by atoms with van der Waals surface area (Å²) in [6.45, 7) is 2.26. The van der Waals surface area contributed by atoms with Gasteiger partial charge in [0.2, 0.25) is 11.8 Å². The van der Waals surface area contributed by atoms with Gasteiger partial charge >= 0.3 is 0 Å². The minimum absolute atomic E-state index is 0. The molecule has 132 valence electrons. The smallest absolute Gasteiger partial charge is 0.239 e. The number of rotatable bonds is 9. The Morgan fingerprint density at radius 3 is 2.35 bits per heavy atom. The maximum absolute atomic E-state index is 11.4. The van der Waals surface area contributed by atoms with Crippen LogP contribution in [-0.2, 0) is 16.1 Å². The summed E-state index contributed by atoms with van der Waals surface area (Å²) in [7, 11) is 2.05. The zero-order valence-corrected chi connectivity index (χ0v) is 14.9. The van der Waals surface area contributed by atoms with Crippen LogP contribution in [0.15, 0.2) is 30.3 Å². The molecule has 0 saturated heterocycles. The minimum Gasteiger partial charge on any atom is -0.355 e. The van der Waals surface area contributed by atoms with Crippen molar-refractivity contribution in [2.24, 2.45) is 5.73 Å². The summed E-state index contributed by atoms with van der Waals surface area (Å²) >= 11 is 0. The van der Waals surface area contributed by atoms with E-state index < -0.39 is 0 Å². The Bertz CT molecular complexity index is 446. The van der Waals surface area contributed by atoms with Crippen molar-refractivity contribution in [2.75, 3.05) is 33.2 Å². The van der Waals surface area contributed by atoms with E-state index in [0.717, 1.165) is 19.5 Å². The third-order valence-corrected chi connectivity index (χ3v) is 2.97. The average molecular weight is 365 g/mol.